The van der Waals surface area contributed by atoms with Crippen molar-refractivity contribution in [3.63, 3.8) is 0 Å². The lowest BCUT2D eigenvalue weighted by Gasteiger charge is -2.20. The van der Waals surface area contributed by atoms with E-state index in [1.165, 1.54) is 14.2 Å². The number of ether oxygens (including phenoxy) is 3. The number of nitrogens with zero attached hydrogens (tertiary/aromatic N) is 2. The van der Waals surface area contributed by atoms with E-state index in [0.717, 1.165) is 14.2 Å². The van der Waals surface area contributed by atoms with Gasteiger partial charge in [-0.25, -0.2) is 9.10 Å². The second kappa shape index (κ2) is 10.8. The minimum absolute atomic E-state index is 0.0103. The SMILES string of the molecule is COc1ccc(CN2C(=O)CN(Cc3ccc(C(=O)OCc4ccccc4)cc3)S2(=O)=O)c(OC)c1. The van der Waals surface area contributed by atoms with E-state index in [2.05, 4.69) is 0 Å². The number of esters is 1. The molecule has 1 fully saturated rings. The van der Waals surface area contributed by atoms with Crippen LogP contribution in [0.3, 0.4) is 0 Å². The lowest BCUT2D eigenvalue weighted by Crippen LogP contribution is -2.33. The zero-order valence-electron chi connectivity index (χ0n) is 19.9. The number of benzene rings is 3. The lowest BCUT2D eigenvalue weighted by molar-refractivity contribution is -0.125. The molecule has 1 aliphatic rings. The van der Waals surface area contributed by atoms with Gasteiger partial charge in [0.2, 0.25) is 0 Å². The number of carbonyl (C=O) groups excluding carboxylic acids is 2. The molecule has 0 bridgehead atoms. The average molecular weight is 511 g/mol. The molecule has 0 atom stereocenters. The molecule has 1 aliphatic heterocycles. The third-order valence-corrected chi connectivity index (χ3v) is 7.56. The first-order valence-corrected chi connectivity index (χ1v) is 12.5. The predicted octanol–water partition coefficient (Wildman–Crippen LogP) is 3.15. The number of methoxy groups -OCH3 is 2. The molecule has 0 N–H and O–H groups in total. The van der Waals surface area contributed by atoms with E-state index in [9.17, 15) is 18.0 Å². The molecule has 0 aliphatic carbocycles. The average Bonchev–Trinajstić information content (AvgIpc) is 3.10. The second-order valence-corrected chi connectivity index (χ2v) is 9.97. The van der Waals surface area contributed by atoms with Crippen LogP contribution in [0, 0.1) is 0 Å². The van der Waals surface area contributed by atoms with E-state index >= 15 is 0 Å². The highest BCUT2D eigenvalue weighted by Crippen LogP contribution is 2.29. The van der Waals surface area contributed by atoms with Crippen LogP contribution >= 0.6 is 0 Å². The fourth-order valence-corrected chi connectivity index (χ4v) is 5.26. The third kappa shape index (κ3) is 5.50. The summed E-state index contributed by atoms with van der Waals surface area (Å²) in [5.74, 6) is -0.0336. The minimum atomic E-state index is -4.04. The first kappa shape index (κ1) is 25.2. The smallest absolute Gasteiger partial charge is 0.338 e. The second-order valence-electron chi connectivity index (χ2n) is 8.11. The van der Waals surface area contributed by atoms with E-state index in [1.54, 1.807) is 42.5 Å². The number of hydrogen-bond donors (Lipinski definition) is 0. The zero-order chi connectivity index (χ0) is 25.7. The van der Waals surface area contributed by atoms with Gasteiger partial charge in [-0.3, -0.25) is 4.79 Å². The van der Waals surface area contributed by atoms with Gasteiger partial charge in [0.25, 0.3) is 5.91 Å². The van der Waals surface area contributed by atoms with Gasteiger partial charge in [-0.1, -0.05) is 42.5 Å². The fraction of sp³-hybridized carbons (Fsp3) is 0.231. The molecule has 10 heteroatoms. The Hall–Kier alpha value is -3.89. The summed E-state index contributed by atoms with van der Waals surface area (Å²) in [6, 6.07) is 20.8. The van der Waals surface area contributed by atoms with Crippen LogP contribution in [0.2, 0.25) is 0 Å². The van der Waals surface area contributed by atoms with Crippen molar-refractivity contribution in [1.82, 2.24) is 8.61 Å². The van der Waals surface area contributed by atoms with E-state index in [0.29, 0.717) is 28.2 Å². The van der Waals surface area contributed by atoms with Gasteiger partial charge in [0, 0.05) is 18.2 Å². The fourth-order valence-electron chi connectivity index (χ4n) is 3.78. The summed E-state index contributed by atoms with van der Waals surface area (Å²) in [6.07, 6.45) is 0. The summed E-state index contributed by atoms with van der Waals surface area (Å²) in [6.45, 7) is -0.285. The largest absolute Gasteiger partial charge is 0.497 e. The Morgan fingerprint density at radius 1 is 0.889 bits per heavy atom. The molecule has 1 saturated heterocycles. The molecule has 0 aromatic heterocycles. The Labute approximate surface area is 210 Å². The molecule has 3 aromatic rings. The summed E-state index contributed by atoms with van der Waals surface area (Å²) in [5.41, 5.74) is 2.40. The number of rotatable bonds is 9. The monoisotopic (exact) mass is 510 g/mol. The van der Waals surface area contributed by atoms with Crippen molar-refractivity contribution in [1.29, 1.82) is 0 Å². The zero-order valence-corrected chi connectivity index (χ0v) is 20.7. The van der Waals surface area contributed by atoms with Crippen LogP contribution in [0.5, 0.6) is 11.5 Å². The van der Waals surface area contributed by atoms with Crippen LogP contribution in [0.15, 0.2) is 72.8 Å². The van der Waals surface area contributed by atoms with Gasteiger partial charge in [-0.2, -0.15) is 12.7 Å². The molecule has 0 saturated carbocycles. The van der Waals surface area contributed by atoms with Crippen LogP contribution < -0.4 is 9.47 Å². The third-order valence-electron chi connectivity index (χ3n) is 5.76. The van der Waals surface area contributed by atoms with Crippen molar-refractivity contribution in [2.24, 2.45) is 0 Å². The first-order chi connectivity index (χ1) is 17.3. The van der Waals surface area contributed by atoms with Gasteiger partial charge >= 0.3 is 16.2 Å². The molecule has 36 heavy (non-hydrogen) atoms. The van der Waals surface area contributed by atoms with Crippen LogP contribution in [0.1, 0.15) is 27.0 Å². The number of hydrogen-bond acceptors (Lipinski definition) is 7. The highest BCUT2D eigenvalue weighted by atomic mass is 32.2. The van der Waals surface area contributed by atoms with Crippen LogP contribution in [-0.2, 0) is 39.4 Å². The van der Waals surface area contributed by atoms with Crippen LogP contribution in [-0.4, -0.2) is 49.7 Å². The molecule has 188 valence electrons. The quantitative estimate of drug-likeness (QED) is 0.408. The molecule has 0 unspecified atom stereocenters. The summed E-state index contributed by atoms with van der Waals surface area (Å²) in [5, 5.41) is 0. The van der Waals surface area contributed by atoms with E-state index in [-0.39, 0.29) is 26.2 Å². The summed E-state index contributed by atoms with van der Waals surface area (Å²) < 4.78 is 44.0. The molecule has 0 radical (unpaired) electrons. The van der Waals surface area contributed by atoms with Gasteiger partial charge < -0.3 is 14.2 Å². The van der Waals surface area contributed by atoms with E-state index < -0.39 is 22.1 Å². The van der Waals surface area contributed by atoms with Gasteiger partial charge in [0.1, 0.15) is 18.1 Å². The minimum Gasteiger partial charge on any atom is -0.497 e. The van der Waals surface area contributed by atoms with Crippen molar-refractivity contribution < 1.29 is 32.2 Å². The molecule has 0 spiro atoms. The van der Waals surface area contributed by atoms with Crippen molar-refractivity contribution in [2.75, 3.05) is 20.8 Å². The molecule has 9 nitrogen and oxygen atoms in total. The van der Waals surface area contributed by atoms with Gasteiger partial charge in [-0.05, 0) is 35.4 Å². The number of amides is 1. The highest BCUT2D eigenvalue weighted by Gasteiger charge is 2.42. The Morgan fingerprint density at radius 3 is 2.28 bits per heavy atom. The van der Waals surface area contributed by atoms with Crippen molar-refractivity contribution in [3.05, 3.63) is 95.1 Å². The Kier molecular flexibility index (Phi) is 7.56. The molecule has 4 rings (SSSR count). The maximum atomic E-state index is 13.1. The summed E-state index contributed by atoms with van der Waals surface area (Å²) in [4.78, 5) is 25.0. The topological polar surface area (TPSA) is 102 Å². The van der Waals surface area contributed by atoms with E-state index in [1.807, 2.05) is 30.3 Å². The Bertz CT molecular complexity index is 1340. The molecular weight excluding hydrogens is 484 g/mol. The Morgan fingerprint density at radius 2 is 1.61 bits per heavy atom. The lowest BCUT2D eigenvalue weighted by atomic mass is 10.1. The van der Waals surface area contributed by atoms with E-state index in [4.69, 9.17) is 14.2 Å². The van der Waals surface area contributed by atoms with Gasteiger partial charge in [0.05, 0.1) is 32.9 Å². The standard InChI is InChI=1S/C26H26N2O7S/c1-33-23-13-12-22(24(14-23)34-2)16-28-25(29)17-27(36(28,31)32)15-19-8-10-21(11-9-19)26(30)35-18-20-6-4-3-5-7-20/h3-14H,15-18H2,1-2H3. The number of carbonyl (C=O) groups is 2. The Balaban J connectivity index is 1.41. The van der Waals surface area contributed by atoms with Crippen LogP contribution in [0.25, 0.3) is 0 Å². The predicted molar refractivity (Wildman–Crippen MR) is 131 cm³/mol. The molecule has 1 amide bonds. The van der Waals surface area contributed by atoms with Crippen LogP contribution in [0.4, 0.5) is 0 Å². The van der Waals surface area contributed by atoms with Crippen molar-refractivity contribution in [2.45, 2.75) is 19.7 Å². The van der Waals surface area contributed by atoms with Gasteiger partial charge in [0.15, 0.2) is 0 Å². The highest BCUT2D eigenvalue weighted by molar-refractivity contribution is 7.87. The van der Waals surface area contributed by atoms with Crippen molar-refractivity contribution >= 4 is 22.1 Å². The molecule has 1 heterocycles. The molecular formula is C26H26N2O7S. The summed E-state index contributed by atoms with van der Waals surface area (Å²) in [7, 11) is -1.06. The first-order valence-electron chi connectivity index (χ1n) is 11.1. The summed E-state index contributed by atoms with van der Waals surface area (Å²) >= 11 is 0. The van der Waals surface area contributed by atoms with Gasteiger partial charge in [-0.15, -0.1) is 0 Å². The normalized spacial score (nSPS) is 15.1. The van der Waals surface area contributed by atoms with Crippen molar-refractivity contribution in [3.8, 4) is 11.5 Å². The maximum Gasteiger partial charge on any atom is 0.338 e. The maximum absolute atomic E-state index is 13.1. The molecule has 3 aromatic carbocycles.